The van der Waals surface area contributed by atoms with Gasteiger partial charge in [0.15, 0.2) is 5.72 Å². The summed E-state index contributed by atoms with van der Waals surface area (Å²) in [5, 5.41) is 12.0. The van der Waals surface area contributed by atoms with Gasteiger partial charge >= 0.3 is 5.97 Å². The van der Waals surface area contributed by atoms with Gasteiger partial charge in [-0.15, -0.1) is 0 Å². The molecule has 0 radical (unpaired) electrons. The second-order valence-corrected chi connectivity index (χ2v) is 3.54. The molecule has 1 fully saturated rings. The molecule has 0 spiro atoms. The highest BCUT2D eigenvalue weighted by Gasteiger charge is 2.38. The van der Waals surface area contributed by atoms with Crippen molar-refractivity contribution < 1.29 is 14.6 Å². The Morgan fingerprint density at radius 3 is 2.73 bits per heavy atom. The van der Waals surface area contributed by atoms with Gasteiger partial charge < -0.3 is 9.84 Å². The van der Waals surface area contributed by atoms with E-state index in [0.717, 1.165) is 5.56 Å². The molecular weight excluding hydrogens is 194 g/mol. The molecule has 4 nitrogen and oxygen atoms in total. The molecule has 0 amide bonds. The number of hydrogen-bond acceptors (Lipinski definition) is 3. The number of nitrogens with one attached hydrogen (secondary N) is 1. The maximum atomic E-state index is 10.8. The van der Waals surface area contributed by atoms with Gasteiger partial charge in [-0.25, -0.2) is 0 Å². The van der Waals surface area contributed by atoms with E-state index in [9.17, 15) is 4.79 Å². The van der Waals surface area contributed by atoms with Gasteiger partial charge in [-0.3, -0.25) is 10.1 Å². The number of rotatable bonds is 3. The lowest BCUT2D eigenvalue weighted by molar-refractivity contribution is -0.144. The van der Waals surface area contributed by atoms with E-state index in [2.05, 4.69) is 5.32 Å². The van der Waals surface area contributed by atoms with Crippen LogP contribution in [0.25, 0.3) is 0 Å². The van der Waals surface area contributed by atoms with Crippen molar-refractivity contribution in [2.45, 2.75) is 12.1 Å². The number of carboxylic acid groups (broad SMARTS) is 1. The van der Waals surface area contributed by atoms with E-state index in [4.69, 9.17) is 9.84 Å². The van der Waals surface area contributed by atoms with Crippen LogP contribution in [0.5, 0.6) is 0 Å². The minimum Gasteiger partial charge on any atom is -0.481 e. The molecule has 80 valence electrons. The number of carboxylic acids is 1. The molecule has 2 N–H and O–H groups in total. The van der Waals surface area contributed by atoms with Crippen molar-refractivity contribution in [2.75, 3.05) is 13.2 Å². The third-order valence-electron chi connectivity index (χ3n) is 2.50. The van der Waals surface area contributed by atoms with Gasteiger partial charge in [-0.1, -0.05) is 30.3 Å². The van der Waals surface area contributed by atoms with Crippen molar-refractivity contribution >= 4 is 5.97 Å². The fourth-order valence-corrected chi connectivity index (χ4v) is 1.85. The summed E-state index contributed by atoms with van der Waals surface area (Å²) < 4.78 is 5.55. The van der Waals surface area contributed by atoms with Crippen molar-refractivity contribution in [2.24, 2.45) is 0 Å². The predicted molar refractivity (Wildman–Crippen MR) is 54.3 cm³/mol. The number of aliphatic carboxylic acids is 1. The van der Waals surface area contributed by atoms with Crippen LogP contribution in [0.2, 0.25) is 0 Å². The minimum absolute atomic E-state index is 0.0585. The third-order valence-corrected chi connectivity index (χ3v) is 2.50. The number of carbonyl (C=O) groups is 1. The van der Waals surface area contributed by atoms with Gasteiger partial charge in [0.1, 0.15) is 0 Å². The normalized spacial score (nSPS) is 25.3. The Bertz CT molecular complexity index is 344. The summed E-state index contributed by atoms with van der Waals surface area (Å²) in [6, 6.07) is 9.40. The topological polar surface area (TPSA) is 58.6 Å². The Labute approximate surface area is 87.9 Å². The third kappa shape index (κ3) is 2.00. The first kappa shape index (κ1) is 10.1. The quantitative estimate of drug-likeness (QED) is 0.774. The fourth-order valence-electron chi connectivity index (χ4n) is 1.85. The van der Waals surface area contributed by atoms with Crippen LogP contribution in [0.1, 0.15) is 12.0 Å². The Morgan fingerprint density at radius 1 is 1.47 bits per heavy atom. The fraction of sp³-hybridized carbons (Fsp3) is 0.364. The summed E-state index contributed by atoms with van der Waals surface area (Å²) in [4.78, 5) is 10.8. The zero-order chi connectivity index (χ0) is 10.7. The molecule has 0 bridgehead atoms. The highest BCUT2D eigenvalue weighted by atomic mass is 16.5. The largest absolute Gasteiger partial charge is 0.481 e. The van der Waals surface area contributed by atoms with E-state index in [0.29, 0.717) is 13.2 Å². The van der Waals surface area contributed by atoms with Crippen LogP contribution in [-0.2, 0) is 15.3 Å². The van der Waals surface area contributed by atoms with Crippen molar-refractivity contribution in [1.29, 1.82) is 0 Å². The maximum absolute atomic E-state index is 10.8. The molecule has 2 rings (SSSR count). The Morgan fingerprint density at radius 2 is 2.20 bits per heavy atom. The first-order valence-corrected chi connectivity index (χ1v) is 4.89. The van der Waals surface area contributed by atoms with Gasteiger partial charge in [0.2, 0.25) is 0 Å². The Balaban J connectivity index is 2.30. The molecule has 0 aliphatic carbocycles. The lowest BCUT2D eigenvalue weighted by atomic mass is 10.00. The monoisotopic (exact) mass is 207 g/mol. The van der Waals surface area contributed by atoms with E-state index in [1.165, 1.54) is 0 Å². The van der Waals surface area contributed by atoms with E-state index < -0.39 is 11.7 Å². The SMILES string of the molecule is O=C(O)C[C@]1(c2ccccc2)NCCO1. The van der Waals surface area contributed by atoms with Crippen LogP contribution >= 0.6 is 0 Å². The highest BCUT2D eigenvalue weighted by molar-refractivity contribution is 5.68. The average molecular weight is 207 g/mol. The molecule has 15 heavy (non-hydrogen) atoms. The lowest BCUT2D eigenvalue weighted by Crippen LogP contribution is -2.40. The van der Waals surface area contributed by atoms with Crippen molar-refractivity contribution in [3.63, 3.8) is 0 Å². The van der Waals surface area contributed by atoms with Crippen LogP contribution in [0.15, 0.2) is 30.3 Å². The van der Waals surface area contributed by atoms with Gasteiger partial charge in [-0.2, -0.15) is 0 Å². The molecule has 0 saturated carbocycles. The molecule has 1 aliphatic heterocycles. The summed E-state index contributed by atoms with van der Waals surface area (Å²) in [6.07, 6.45) is -0.0585. The summed E-state index contributed by atoms with van der Waals surface area (Å²) in [5.41, 5.74) is 0.0255. The molecule has 1 aliphatic rings. The summed E-state index contributed by atoms with van der Waals surface area (Å²) in [5.74, 6) is -0.867. The van der Waals surface area contributed by atoms with Crippen LogP contribution in [0, 0.1) is 0 Å². The van der Waals surface area contributed by atoms with Crippen LogP contribution < -0.4 is 5.32 Å². The van der Waals surface area contributed by atoms with Gasteiger partial charge in [0.25, 0.3) is 0 Å². The number of hydrogen-bond donors (Lipinski definition) is 2. The molecule has 4 heteroatoms. The molecule has 1 saturated heterocycles. The summed E-state index contributed by atoms with van der Waals surface area (Å²) >= 11 is 0. The highest BCUT2D eigenvalue weighted by Crippen LogP contribution is 2.29. The van der Waals surface area contributed by atoms with Crippen LogP contribution in [-0.4, -0.2) is 24.2 Å². The Kier molecular flexibility index (Phi) is 2.70. The molecule has 1 aromatic carbocycles. The zero-order valence-electron chi connectivity index (χ0n) is 8.27. The summed E-state index contributed by atoms with van der Waals surface area (Å²) in [7, 11) is 0. The van der Waals surface area contributed by atoms with Crippen molar-refractivity contribution in [3.05, 3.63) is 35.9 Å². The molecule has 0 unspecified atom stereocenters. The summed E-state index contributed by atoms with van der Waals surface area (Å²) in [6.45, 7) is 1.23. The predicted octanol–water partition coefficient (Wildman–Crippen LogP) is 0.934. The first-order valence-electron chi connectivity index (χ1n) is 4.89. The van der Waals surface area contributed by atoms with Crippen molar-refractivity contribution in [3.8, 4) is 0 Å². The maximum Gasteiger partial charge on any atom is 0.308 e. The molecule has 1 heterocycles. The zero-order valence-corrected chi connectivity index (χ0v) is 8.27. The molecule has 1 aromatic rings. The number of benzene rings is 1. The van der Waals surface area contributed by atoms with Crippen LogP contribution in [0.3, 0.4) is 0 Å². The second-order valence-electron chi connectivity index (χ2n) is 3.54. The molecule has 0 aromatic heterocycles. The average Bonchev–Trinajstić information content (AvgIpc) is 2.68. The minimum atomic E-state index is -0.867. The second kappa shape index (κ2) is 4.00. The van der Waals surface area contributed by atoms with Gasteiger partial charge in [0, 0.05) is 6.54 Å². The van der Waals surface area contributed by atoms with Gasteiger partial charge in [0.05, 0.1) is 13.0 Å². The molecule has 1 atom stereocenters. The first-order chi connectivity index (χ1) is 7.23. The van der Waals surface area contributed by atoms with Crippen LogP contribution in [0.4, 0.5) is 0 Å². The van der Waals surface area contributed by atoms with E-state index in [1.54, 1.807) is 0 Å². The molecular formula is C11H13NO3. The van der Waals surface area contributed by atoms with E-state index >= 15 is 0 Å². The van der Waals surface area contributed by atoms with E-state index in [1.807, 2.05) is 30.3 Å². The van der Waals surface area contributed by atoms with Gasteiger partial charge in [-0.05, 0) is 5.56 Å². The van der Waals surface area contributed by atoms with E-state index in [-0.39, 0.29) is 6.42 Å². The standard InChI is InChI=1S/C11H13NO3/c13-10(14)8-11(12-6-7-15-11)9-4-2-1-3-5-9/h1-5,12H,6-8H2,(H,13,14)/t11-/m0/s1. The smallest absolute Gasteiger partial charge is 0.308 e. The van der Waals surface area contributed by atoms with Crippen molar-refractivity contribution in [1.82, 2.24) is 5.32 Å². The number of ether oxygens (including phenoxy) is 1. The lowest BCUT2D eigenvalue weighted by Gasteiger charge is -2.27. The Hall–Kier alpha value is -1.39.